The van der Waals surface area contributed by atoms with E-state index in [-0.39, 0.29) is 18.2 Å². The maximum Gasteiger partial charge on any atom is 0.407 e. The number of sulfone groups is 1. The van der Waals surface area contributed by atoms with Gasteiger partial charge in [0.1, 0.15) is 5.60 Å². The van der Waals surface area contributed by atoms with Gasteiger partial charge in [0.2, 0.25) is 0 Å². The zero-order valence-electron chi connectivity index (χ0n) is 15.6. The second-order valence-corrected chi connectivity index (χ2v) is 10.6. The van der Waals surface area contributed by atoms with Crippen LogP contribution in [0, 0.1) is 0 Å². The van der Waals surface area contributed by atoms with Crippen molar-refractivity contribution in [2.75, 3.05) is 11.6 Å². The summed E-state index contributed by atoms with van der Waals surface area (Å²) in [5, 5.41) is 6.38. The molecule has 1 fully saturated rings. The van der Waals surface area contributed by atoms with Crippen molar-refractivity contribution in [3.05, 3.63) is 22.7 Å². The smallest absolute Gasteiger partial charge is 0.407 e. The Labute approximate surface area is 164 Å². The van der Waals surface area contributed by atoms with E-state index in [4.69, 9.17) is 4.74 Å². The number of benzene rings is 1. The SMILES string of the molecule is CC(C)(C)OC(=O)NC1CCC(Nc2ccc(S(C)(=O)=O)cc2Br)CC1. The molecule has 0 atom stereocenters. The van der Waals surface area contributed by atoms with Crippen LogP contribution in [0.25, 0.3) is 0 Å². The van der Waals surface area contributed by atoms with Crippen molar-refractivity contribution in [1.29, 1.82) is 0 Å². The number of hydrogen-bond donors (Lipinski definition) is 2. The summed E-state index contributed by atoms with van der Waals surface area (Å²) in [7, 11) is -3.22. The largest absolute Gasteiger partial charge is 0.444 e. The molecule has 146 valence electrons. The molecule has 0 unspecified atom stereocenters. The maximum absolute atomic E-state index is 11.9. The molecule has 1 aromatic rings. The molecule has 1 saturated carbocycles. The first-order valence-corrected chi connectivity index (χ1v) is 11.4. The van der Waals surface area contributed by atoms with E-state index < -0.39 is 15.4 Å². The minimum Gasteiger partial charge on any atom is -0.444 e. The van der Waals surface area contributed by atoms with E-state index in [2.05, 4.69) is 26.6 Å². The quantitative estimate of drug-likeness (QED) is 0.726. The molecule has 2 N–H and O–H groups in total. The topological polar surface area (TPSA) is 84.5 Å². The normalized spacial score (nSPS) is 21.1. The van der Waals surface area contributed by atoms with Crippen LogP contribution >= 0.6 is 15.9 Å². The molecule has 0 radical (unpaired) electrons. The van der Waals surface area contributed by atoms with Gasteiger partial charge in [0, 0.05) is 28.5 Å². The molecular formula is C18H27BrN2O4S. The number of hydrogen-bond acceptors (Lipinski definition) is 5. The lowest BCUT2D eigenvalue weighted by atomic mass is 9.91. The molecule has 1 aromatic carbocycles. The zero-order valence-corrected chi connectivity index (χ0v) is 18.0. The third-order valence-electron chi connectivity index (χ3n) is 4.18. The third kappa shape index (κ3) is 6.46. The van der Waals surface area contributed by atoms with Crippen molar-refractivity contribution in [3.8, 4) is 0 Å². The molecule has 0 heterocycles. The summed E-state index contributed by atoms with van der Waals surface area (Å²) in [6, 6.07) is 5.42. The van der Waals surface area contributed by atoms with Crippen LogP contribution in [0.5, 0.6) is 0 Å². The molecule has 1 aliphatic carbocycles. The van der Waals surface area contributed by atoms with E-state index in [0.717, 1.165) is 35.8 Å². The number of rotatable bonds is 4. The van der Waals surface area contributed by atoms with Gasteiger partial charge in [-0.2, -0.15) is 0 Å². The summed E-state index contributed by atoms with van der Waals surface area (Å²) in [4.78, 5) is 12.1. The van der Waals surface area contributed by atoms with E-state index in [1.165, 1.54) is 6.26 Å². The van der Waals surface area contributed by atoms with Crippen molar-refractivity contribution in [1.82, 2.24) is 5.32 Å². The summed E-state index contributed by atoms with van der Waals surface area (Å²) in [6.07, 6.45) is 4.40. The van der Waals surface area contributed by atoms with Gasteiger partial charge in [0.15, 0.2) is 9.84 Å². The van der Waals surface area contributed by atoms with Gasteiger partial charge in [-0.05, 0) is 80.6 Å². The van der Waals surface area contributed by atoms with Crippen LogP contribution < -0.4 is 10.6 Å². The van der Waals surface area contributed by atoms with Gasteiger partial charge in [-0.1, -0.05) is 0 Å². The molecule has 0 aliphatic heterocycles. The molecule has 0 bridgehead atoms. The van der Waals surface area contributed by atoms with Gasteiger partial charge in [-0.3, -0.25) is 0 Å². The first-order valence-electron chi connectivity index (χ1n) is 8.70. The van der Waals surface area contributed by atoms with Crippen molar-refractivity contribution in [2.45, 2.75) is 69.0 Å². The van der Waals surface area contributed by atoms with Gasteiger partial charge in [-0.15, -0.1) is 0 Å². The fraction of sp³-hybridized carbons (Fsp3) is 0.611. The lowest BCUT2D eigenvalue weighted by Gasteiger charge is -2.31. The highest BCUT2D eigenvalue weighted by molar-refractivity contribution is 9.10. The van der Waals surface area contributed by atoms with E-state index in [9.17, 15) is 13.2 Å². The van der Waals surface area contributed by atoms with Gasteiger partial charge in [0.25, 0.3) is 0 Å². The molecule has 2 rings (SSSR count). The van der Waals surface area contributed by atoms with Gasteiger partial charge >= 0.3 is 6.09 Å². The number of carbonyl (C=O) groups excluding carboxylic acids is 1. The second-order valence-electron chi connectivity index (χ2n) is 7.75. The summed E-state index contributed by atoms with van der Waals surface area (Å²) in [5.74, 6) is 0. The summed E-state index contributed by atoms with van der Waals surface area (Å²) in [5.41, 5.74) is 0.383. The van der Waals surface area contributed by atoms with Crippen molar-refractivity contribution < 1.29 is 17.9 Å². The molecule has 0 spiro atoms. The summed E-state index contributed by atoms with van der Waals surface area (Å²) < 4.78 is 29.2. The first kappa shape index (κ1) is 21.0. The Morgan fingerprint density at radius 1 is 1.15 bits per heavy atom. The highest BCUT2D eigenvalue weighted by atomic mass is 79.9. The van der Waals surface area contributed by atoms with Crippen molar-refractivity contribution in [2.24, 2.45) is 0 Å². The van der Waals surface area contributed by atoms with Crippen molar-refractivity contribution >= 4 is 37.5 Å². The number of alkyl carbamates (subject to hydrolysis) is 1. The Bertz CT molecular complexity index is 751. The molecule has 1 aliphatic rings. The Hall–Kier alpha value is -1.28. The molecule has 8 heteroatoms. The van der Waals surface area contributed by atoms with Crippen LogP contribution in [-0.4, -0.2) is 38.5 Å². The third-order valence-corrected chi connectivity index (χ3v) is 5.94. The van der Waals surface area contributed by atoms with Gasteiger partial charge < -0.3 is 15.4 Å². The average Bonchev–Trinajstić information content (AvgIpc) is 2.48. The lowest BCUT2D eigenvalue weighted by Crippen LogP contribution is -2.42. The van der Waals surface area contributed by atoms with E-state index in [1.807, 2.05) is 20.8 Å². The van der Waals surface area contributed by atoms with Gasteiger partial charge in [-0.25, -0.2) is 13.2 Å². The first-order chi connectivity index (χ1) is 11.9. The number of halogens is 1. The number of carbonyl (C=O) groups is 1. The lowest BCUT2D eigenvalue weighted by molar-refractivity contribution is 0.0492. The van der Waals surface area contributed by atoms with Crippen LogP contribution in [0.4, 0.5) is 10.5 Å². The molecular weight excluding hydrogens is 420 g/mol. The maximum atomic E-state index is 11.9. The number of anilines is 1. The minimum atomic E-state index is -3.22. The molecule has 0 aromatic heterocycles. The average molecular weight is 447 g/mol. The Balaban J connectivity index is 1.86. The molecule has 0 saturated heterocycles. The number of nitrogens with one attached hydrogen (secondary N) is 2. The van der Waals surface area contributed by atoms with Crippen LogP contribution in [0.3, 0.4) is 0 Å². The number of ether oxygens (including phenoxy) is 1. The molecule has 1 amide bonds. The number of amides is 1. The van der Waals surface area contributed by atoms with Crippen LogP contribution in [0.15, 0.2) is 27.6 Å². The molecule has 6 nitrogen and oxygen atoms in total. The fourth-order valence-corrected chi connectivity index (χ4v) is 4.21. The van der Waals surface area contributed by atoms with Crippen LogP contribution in [0.2, 0.25) is 0 Å². The zero-order chi connectivity index (χ0) is 19.5. The van der Waals surface area contributed by atoms with Gasteiger partial charge in [0.05, 0.1) is 4.90 Å². The second kappa shape index (κ2) is 8.17. The van der Waals surface area contributed by atoms with Crippen LogP contribution in [-0.2, 0) is 14.6 Å². The monoisotopic (exact) mass is 446 g/mol. The van der Waals surface area contributed by atoms with E-state index in [1.54, 1.807) is 18.2 Å². The Morgan fingerprint density at radius 3 is 2.23 bits per heavy atom. The summed E-state index contributed by atoms with van der Waals surface area (Å²) in [6.45, 7) is 5.54. The predicted molar refractivity (Wildman–Crippen MR) is 106 cm³/mol. The van der Waals surface area contributed by atoms with E-state index >= 15 is 0 Å². The summed E-state index contributed by atoms with van der Waals surface area (Å²) >= 11 is 3.44. The standard InChI is InChI=1S/C18H27BrN2O4S/c1-18(2,3)25-17(22)21-13-7-5-12(6-8-13)20-16-10-9-14(11-15(16)19)26(4,23)24/h9-13,20H,5-8H2,1-4H3,(H,21,22). The predicted octanol–water partition coefficient (Wildman–Crippen LogP) is 4.10. The highest BCUT2D eigenvalue weighted by Crippen LogP contribution is 2.29. The Kier molecular flexibility index (Phi) is 6.60. The van der Waals surface area contributed by atoms with Crippen molar-refractivity contribution in [3.63, 3.8) is 0 Å². The molecule has 26 heavy (non-hydrogen) atoms. The Morgan fingerprint density at radius 2 is 1.73 bits per heavy atom. The fourth-order valence-electron chi connectivity index (χ4n) is 2.92. The van der Waals surface area contributed by atoms with Crippen LogP contribution in [0.1, 0.15) is 46.5 Å². The minimum absolute atomic E-state index is 0.124. The highest BCUT2D eigenvalue weighted by Gasteiger charge is 2.25. The van der Waals surface area contributed by atoms with E-state index in [0.29, 0.717) is 4.90 Å².